The Labute approximate surface area is 110 Å². The summed E-state index contributed by atoms with van der Waals surface area (Å²) < 4.78 is 5.06. The molecular weight excluding hydrogens is 225 g/mol. The largest absolute Gasteiger partial charge is 0.464 e. The van der Waals surface area contributed by atoms with Crippen LogP contribution >= 0.6 is 0 Å². The van der Waals surface area contributed by atoms with Gasteiger partial charge < -0.3 is 10.1 Å². The molecule has 98 valence electrons. The molecule has 1 aromatic carbocycles. The summed E-state index contributed by atoms with van der Waals surface area (Å²) in [7, 11) is 2.10. The van der Waals surface area contributed by atoms with Crippen LogP contribution < -0.4 is 10.8 Å². The van der Waals surface area contributed by atoms with Crippen molar-refractivity contribution in [2.75, 3.05) is 11.9 Å². The summed E-state index contributed by atoms with van der Waals surface area (Å²) in [6, 6.07) is 4.12. The molecule has 0 aliphatic rings. The van der Waals surface area contributed by atoms with Gasteiger partial charge in [0.05, 0.1) is 6.61 Å². The van der Waals surface area contributed by atoms with Gasteiger partial charge in [0.15, 0.2) is 0 Å². The second kappa shape index (κ2) is 5.47. The fourth-order valence-electron chi connectivity index (χ4n) is 1.83. The van der Waals surface area contributed by atoms with Crippen LogP contribution in [0.3, 0.4) is 0 Å². The number of rotatable bonds is 4. The maximum Gasteiger partial charge on any atom is 0.331 e. The van der Waals surface area contributed by atoms with Gasteiger partial charge in [-0.05, 0) is 46.8 Å². The van der Waals surface area contributed by atoms with Crippen molar-refractivity contribution in [2.24, 2.45) is 0 Å². The molecular formula is C14H22BNO2. The summed E-state index contributed by atoms with van der Waals surface area (Å²) in [5, 5.41) is 3.24. The number of esters is 1. The lowest BCUT2D eigenvalue weighted by Gasteiger charge is -2.26. The molecule has 0 aliphatic heterocycles. The Balaban J connectivity index is 2.94. The number of hydrogen-bond donors (Lipinski definition) is 1. The maximum atomic E-state index is 11.8. The van der Waals surface area contributed by atoms with Crippen LogP contribution in [-0.2, 0) is 9.53 Å². The third-order valence-electron chi connectivity index (χ3n) is 3.17. The van der Waals surface area contributed by atoms with Crippen LogP contribution in [0, 0.1) is 13.8 Å². The van der Waals surface area contributed by atoms with Crippen molar-refractivity contribution >= 4 is 25.0 Å². The van der Waals surface area contributed by atoms with E-state index in [9.17, 15) is 4.79 Å². The minimum absolute atomic E-state index is 0.235. The summed E-state index contributed by atoms with van der Waals surface area (Å²) in [6.45, 7) is 10.0. The molecule has 18 heavy (non-hydrogen) atoms. The Morgan fingerprint density at radius 1 is 1.33 bits per heavy atom. The van der Waals surface area contributed by atoms with Gasteiger partial charge in [0.25, 0.3) is 0 Å². The van der Waals surface area contributed by atoms with E-state index in [1.54, 1.807) is 0 Å². The van der Waals surface area contributed by atoms with Crippen LogP contribution in [0.1, 0.15) is 31.9 Å². The number of anilines is 1. The number of carbonyl (C=O) groups excluding carboxylic acids is 1. The molecule has 4 heteroatoms. The molecule has 0 spiro atoms. The van der Waals surface area contributed by atoms with E-state index in [1.807, 2.05) is 20.8 Å². The van der Waals surface area contributed by atoms with E-state index < -0.39 is 5.54 Å². The van der Waals surface area contributed by atoms with Gasteiger partial charge in [-0.2, -0.15) is 0 Å². The van der Waals surface area contributed by atoms with E-state index in [-0.39, 0.29) is 5.97 Å². The van der Waals surface area contributed by atoms with E-state index in [1.165, 1.54) is 16.6 Å². The second-order valence-electron chi connectivity index (χ2n) is 5.21. The van der Waals surface area contributed by atoms with Gasteiger partial charge in [-0.15, -0.1) is 0 Å². The molecule has 0 amide bonds. The average molecular weight is 247 g/mol. The van der Waals surface area contributed by atoms with E-state index >= 15 is 0 Å². The first-order chi connectivity index (χ1) is 8.27. The lowest BCUT2D eigenvalue weighted by atomic mass is 9.86. The van der Waals surface area contributed by atoms with E-state index in [2.05, 4.69) is 39.1 Å². The molecule has 0 aromatic heterocycles. The van der Waals surface area contributed by atoms with Crippen molar-refractivity contribution in [2.45, 2.75) is 40.2 Å². The lowest BCUT2D eigenvalue weighted by molar-refractivity contribution is -0.147. The minimum atomic E-state index is -0.718. The van der Waals surface area contributed by atoms with Gasteiger partial charge in [-0.25, -0.2) is 4.79 Å². The van der Waals surface area contributed by atoms with E-state index in [0.717, 1.165) is 5.69 Å². The molecule has 1 N–H and O–H groups in total. The summed E-state index contributed by atoms with van der Waals surface area (Å²) >= 11 is 0. The zero-order valence-corrected chi connectivity index (χ0v) is 12.2. The SMILES string of the molecule is Bc1c(C)cc(NC(C)(C)C(=O)OCC)cc1C. The average Bonchev–Trinajstić information content (AvgIpc) is 2.25. The van der Waals surface area contributed by atoms with Crippen LogP contribution in [0.5, 0.6) is 0 Å². The summed E-state index contributed by atoms with van der Waals surface area (Å²) in [6.07, 6.45) is 0. The van der Waals surface area contributed by atoms with Gasteiger partial charge in [0.2, 0.25) is 0 Å². The first-order valence-corrected chi connectivity index (χ1v) is 6.31. The fraction of sp³-hybridized carbons (Fsp3) is 0.500. The third kappa shape index (κ3) is 3.28. The Bertz CT molecular complexity index is 432. The first kappa shape index (κ1) is 14.6. The van der Waals surface area contributed by atoms with Gasteiger partial charge in [0.1, 0.15) is 13.4 Å². The zero-order chi connectivity index (χ0) is 13.9. The van der Waals surface area contributed by atoms with Crippen molar-refractivity contribution in [3.8, 4) is 0 Å². The number of aryl methyl sites for hydroxylation is 2. The van der Waals surface area contributed by atoms with Crippen molar-refractivity contribution in [3.05, 3.63) is 23.3 Å². The Hall–Kier alpha value is -1.45. The van der Waals surface area contributed by atoms with Crippen LogP contribution in [0.4, 0.5) is 5.69 Å². The van der Waals surface area contributed by atoms with Crippen molar-refractivity contribution < 1.29 is 9.53 Å². The van der Waals surface area contributed by atoms with Gasteiger partial charge in [-0.3, -0.25) is 0 Å². The highest BCUT2D eigenvalue weighted by molar-refractivity contribution is 6.34. The molecule has 0 unspecified atom stereocenters. The van der Waals surface area contributed by atoms with E-state index in [0.29, 0.717) is 6.61 Å². The van der Waals surface area contributed by atoms with Crippen LogP contribution in [0.25, 0.3) is 0 Å². The molecule has 0 saturated carbocycles. The summed E-state index contributed by atoms with van der Waals surface area (Å²) in [4.78, 5) is 11.8. The molecule has 3 nitrogen and oxygen atoms in total. The van der Waals surface area contributed by atoms with Crippen LogP contribution in [0.2, 0.25) is 0 Å². The first-order valence-electron chi connectivity index (χ1n) is 6.31. The number of nitrogens with one attached hydrogen (secondary N) is 1. The van der Waals surface area contributed by atoms with Gasteiger partial charge >= 0.3 is 5.97 Å². The van der Waals surface area contributed by atoms with Gasteiger partial charge in [0, 0.05) is 5.69 Å². The minimum Gasteiger partial charge on any atom is -0.464 e. The lowest BCUT2D eigenvalue weighted by Crippen LogP contribution is -2.41. The smallest absolute Gasteiger partial charge is 0.331 e. The number of ether oxygens (including phenoxy) is 1. The van der Waals surface area contributed by atoms with Crippen molar-refractivity contribution in [3.63, 3.8) is 0 Å². The van der Waals surface area contributed by atoms with E-state index in [4.69, 9.17) is 4.74 Å². The predicted molar refractivity (Wildman–Crippen MR) is 78.4 cm³/mol. The monoisotopic (exact) mass is 247 g/mol. The highest BCUT2D eigenvalue weighted by atomic mass is 16.5. The molecule has 0 heterocycles. The fourth-order valence-corrected chi connectivity index (χ4v) is 1.83. The topological polar surface area (TPSA) is 38.3 Å². The number of hydrogen-bond acceptors (Lipinski definition) is 3. The van der Waals surface area contributed by atoms with Crippen molar-refractivity contribution in [1.29, 1.82) is 0 Å². The highest BCUT2D eigenvalue weighted by Crippen LogP contribution is 2.18. The number of benzene rings is 1. The number of carbonyl (C=O) groups is 1. The highest BCUT2D eigenvalue weighted by Gasteiger charge is 2.28. The normalized spacial score (nSPS) is 11.2. The second-order valence-corrected chi connectivity index (χ2v) is 5.21. The summed E-state index contributed by atoms with van der Waals surface area (Å²) in [5.41, 5.74) is 3.96. The molecule has 0 radical (unpaired) electrons. The molecule has 0 aliphatic carbocycles. The zero-order valence-electron chi connectivity index (χ0n) is 12.2. The van der Waals surface area contributed by atoms with Gasteiger partial charge in [-0.1, -0.05) is 16.6 Å². The molecule has 0 saturated heterocycles. The molecule has 0 atom stereocenters. The molecule has 0 bridgehead atoms. The Morgan fingerprint density at radius 2 is 1.83 bits per heavy atom. The third-order valence-corrected chi connectivity index (χ3v) is 3.17. The Morgan fingerprint density at radius 3 is 2.28 bits per heavy atom. The predicted octanol–water partition coefficient (Wildman–Crippen LogP) is 1.32. The molecule has 0 fully saturated rings. The van der Waals surface area contributed by atoms with Crippen molar-refractivity contribution in [1.82, 2.24) is 0 Å². The van der Waals surface area contributed by atoms with Crippen LogP contribution in [-0.4, -0.2) is 26.0 Å². The maximum absolute atomic E-state index is 11.8. The molecule has 1 rings (SSSR count). The summed E-state index contributed by atoms with van der Waals surface area (Å²) in [5.74, 6) is -0.235. The Kier molecular flexibility index (Phi) is 4.44. The van der Waals surface area contributed by atoms with Crippen LogP contribution in [0.15, 0.2) is 12.1 Å². The molecule has 1 aromatic rings. The quantitative estimate of drug-likeness (QED) is 0.644. The standard InChI is InChI=1S/C14H22BNO2/c1-6-18-13(17)14(4,5)16-11-7-9(2)12(15)10(3)8-11/h7-8,16H,6,15H2,1-5H3.